The van der Waals surface area contributed by atoms with Gasteiger partial charge in [0.2, 0.25) is 0 Å². The highest BCUT2D eigenvalue weighted by Gasteiger charge is 2.41. The number of nitrogens with one attached hydrogen (secondary N) is 1. The van der Waals surface area contributed by atoms with Crippen LogP contribution in [-0.2, 0) is 14.3 Å². The predicted octanol–water partition coefficient (Wildman–Crippen LogP) is 3.51. The number of carbonyl (C=O) groups excluding carboxylic acids is 2. The molecule has 1 atom stereocenters. The Bertz CT molecular complexity index is 738. The lowest BCUT2D eigenvalue weighted by Crippen LogP contribution is -2.35. The molecule has 5 nitrogen and oxygen atoms in total. The third kappa shape index (κ3) is 2.79. The van der Waals surface area contributed by atoms with Gasteiger partial charge in [0, 0.05) is 23.4 Å². The monoisotopic (exact) mass is 329 g/mol. The summed E-state index contributed by atoms with van der Waals surface area (Å²) in [5, 5.41) is 3.33. The van der Waals surface area contributed by atoms with E-state index in [9.17, 15) is 9.59 Å². The fourth-order valence-corrected chi connectivity index (χ4v) is 3.52. The number of hydrogen-bond donors (Lipinski definition) is 1. The van der Waals surface area contributed by atoms with Gasteiger partial charge in [-0.25, -0.2) is 4.79 Å². The maximum absolute atomic E-state index is 12.6. The Labute approximate surface area is 141 Å². The van der Waals surface area contributed by atoms with Crippen LogP contribution in [0.25, 0.3) is 0 Å². The molecule has 3 rings (SSSR count). The Balaban J connectivity index is 2.17. The molecule has 24 heavy (non-hydrogen) atoms. The first-order valence-electron chi connectivity index (χ1n) is 8.56. The van der Waals surface area contributed by atoms with Crippen LogP contribution in [-0.4, -0.2) is 18.4 Å². The van der Waals surface area contributed by atoms with Crippen LogP contribution in [0.3, 0.4) is 0 Å². The van der Waals surface area contributed by atoms with E-state index >= 15 is 0 Å². The molecule has 2 heterocycles. The summed E-state index contributed by atoms with van der Waals surface area (Å²) in [6, 6.07) is 3.71. The predicted molar refractivity (Wildman–Crippen MR) is 89.2 cm³/mol. The first-order chi connectivity index (χ1) is 11.6. The van der Waals surface area contributed by atoms with E-state index in [1.807, 2.05) is 26.0 Å². The van der Waals surface area contributed by atoms with Crippen molar-refractivity contribution < 1.29 is 18.7 Å². The highest BCUT2D eigenvalue weighted by atomic mass is 16.5. The van der Waals surface area contributed by atoms with Gasteiger partial charge in [-0.05, 0) is 45.2 Å². The fraction of sp³-hybridized carbons (Fsp3) is 0.474. The van der Waals surface area contributed by atoms with Crippen molar-refractivity contribution in [1.29, 1.82) is 0 Å². The molecular formula is C19H23NO4. The van der Waals surface area contributed by atoms with Crippen LogP contribution in [0.4, 0.5) is 0 Å². The van der Waals surface area contributed by atoms with Crippen LogP contribution in [0.5, 0.6) is 0 Å². The van der Waals surface area contributed by atoms with Gasteiger partial charge in [-0.3, -0.25) is 4.79 Å². The number of allylic oxidation sites excluding steroid dienone is 3. The molecule has 1 aromatic rings. The minimum absolute atomic E-state index is 0.0831. The lowest BCUT2D eigenvalue weighted by Gasteiger charge is -2.33. The molecule has 0 saturated heterocycles. The molecular weight excluding hydrogens is 306 g/mol. The number of Topliss-reactive ketones (excluding diaryl/α,β-unsaturated/α-hetero) is 1. The highest BCUT2D eigenvalue weighted by molar-refractivity contribution is 6.03. The van der Waals surface area contributed by atoms with Crippen LogP contribution in [0, 0.1) is 6.92 Å². The molecule has 0 aromatic carbocycles. The third-order valence-corrected chi connectivity index (χ3v) is 4.55. The van der Waals surface area contributed by atoms with E-state index in [1.165, 1.54) is 0 Å². The standard InChI is InChI=1S/C19H23NO4/c1-4-12-17(19(22)23-5-2)18(15-10-9-11(3)24-15)16-13(20-12)7-6-8-14(16)21/h9-10,18,20H,4-8H2,1-3H3/t18-/m0/s1. The van der Waals surface area contributed by atoms with Gasteiger partial charge < -0.3 is 14.5 Å². The number of dihydropyridines is 1. The number of esters is 1. The van der Waals surface area contributed by atoms with E-state index in [0.29, 0.717) is 36.4 Å². The normalized spacial score (nSPS) is 20.8. The van der Waals surface area contributed by atoms with E-state index < -0.39 is 5.92 Å². The fourth-order valence-electron chi connectivity index (χ4n) is 3.52. The van der Waals surface area contributed by atoms with E-state index in [1.54, 1.807) is 6.92 Å². The summed E-state index contributed by atoms with van der Waals surface area (Å²) in [5.41, 5.74) is 2.91. The summed E-state index contributed by atoms with van der Waals surface area (Å²) in [4.78, 5) is 25.3. The molecule has 0 unspecified atom stereocenters. The topological polar surface area (TPSA) is 68.5 Å². The summed E-state index contributed by atoms with van der Waals surface area (Å²) < 4.78 is 11.1. The quantitative estimate of drug-likeness (QED) is 0.856. The average molecular weight is 329 g/mol. The van der Waals surface area contributed by atoms with Crippen LogP contribution >= 0.6 is 0 Å². The van der Waals surface area contributed by atoms with Gasteiger partial charge in [-0.2, -0.15) is 0 Å². The molecule has 0 radical (unpaired) electrons. The maximum Gasteiger partial charge on any atom is 0.336 e. The lowest BCUT2D eigenvalue weighted by molar-refractivity contribution is -0.139. The SMILES string of the molecule is CCOC(=O)C1=C(CC)NC2=C(C(=O)CCC2)[C@@H]1c1ccc(C)o1. The number of furan rings is 1. The first-order valence-corrected chi connectivity index (χ1v) is 8.56. The van der Waals surface area contributed by atoms with Crippen molar-refractivity contribution in [2.45, 2.75) is 52.4 Å². The van der Waals surface area contributed by atoms with Crippen molar-refractivity contribution >= 4 is 11.8 Å². The number of aryl methyl sites for hydroxylation is 1. The van der Waals surface area contributed by atoms with E-state index in [0.717, 1.165) is 30.0 Å². The van der Waals surface area contributed by atoms with Crippen molar-refractivity contribution in [2.75, 3.05) is 6.61 Å². The van der Waals surface area contributed by atoms with E-state index in [4.69, 9.17) is 9.15 Å². The molecule has 0 spiro atoms. The zero-order valence-corrected chi connectivity index (χ0v) is 14.4. The van der Waals surface area contributed by atoms with E-state index in [-0.39, 0.29) is 11.8 Å². The molecule has 0 saturated carbocycles. The van der Waals surface area contributed by atoms with Crippen LogP contribution in [0.1, 0.15) is 57.0 Å². The van der Waals surface area contributed by atoms with Crippen molar-refractivity contribution in [3.8, 4) is 0 Å². The van der Waals surface area contributed by atoms with Gasteiger partial charge in [0.05, 0.1) is 18.1 Å². The third-order valence-electron chi connectivity index (χ3n) is 4.55. The number of ketones is 1. The Kier molecular flexibility index (Phi) is 4.60. The van der Waals surface area contributed by atoms with Crippen molar-refractivity contribution in [3.63, 3.8) is 0 Å². The summed E-state index contributed by atoms with van der Waals surface area (Å²) in [5.74, 6) is 0.614. The second kappa shape index (κ2) is 6.67. The molecule has 0 amide bonds. The van der Waals surface area contributed by atoms with E-state index in [2.05, 4.69) is 5.32 Å². The summed E-state index contributed by atoms with van der Waals surface area (Å²) in [7, 11) is 0. The zero-order valence-electron chi connectivity index (χ0n) is 14.4. The minimum Gasteiger partial charge on any atom is -0.465 e. The molecule has 0 bridgehead atoms. The largest absolute Gasteiger partial charge is 0.465 e. The summed E-state index contributed by atoms with van der Waals surface area (Å²) >= 11 is 0. The number of carbonyl (C=O) groups is 2. The van der Waals surface area contributed by atoms with Gasteiger partial charge in [0.1, 0.15) is 11.5 Å². The second-order valence-corrected chi connectivity index (χ2v) is 6.14. The van der Waals surface area contributed by atoms with Gasteiger partial charge >= 0.3 is 5.97 Å². The first kappa shape index (κ1) is 16.6. The molecule has 1 aromatic heterocycles. The second-order valence-electron chi connectivity index (χ2n) is 6.14. The van der Waals surface area contributed by atoms with Crippen molar-refractivity contribution in [2.24, 2.45) is 0 Å². The molecule has 128 valence electrons. The summed E-state index contributed by atoms with van der Waals surface area (Å²) in [6.07, 6.45) is 2.82. The molecule has 0 fully saturated rings. The van der Waals surface area contributed by atoms with Gasteiger partial charge in [0.25, 0.3) is 0 Å². The Morgan fingerprint density at radius 1 is 1.33 bits per heavy atom. The minimum atomic E-state index is -0.475. The van der Waals surface area contributed by atoms with Crippen LogP contribution in [0.15, 0.2) is 39.1 Å². The van der Waals surface area contributed by atoms with Crippen LogP contribution < -0.4 is 5.32 Å². The Morgan fingerprint density at radius 2 is 2.12 bits per heavy atom. The highest BCUT2D eigenvalue weighted by Crippen LogP contribution is 2.43. The molecule has 1 aliphatic heterocycles. The number of ether oxygens (including phenoxy) is 1. The average Bonchev–Trinajstić information content (AvgIpc) is 2.99. The van der Waals surface area contributed by atoms with Crippen molar-refractivity contribution in [3.05, 3.63) is 46.2 Å². The molecule has 1 aliphatic carbocycles. The Morgan fingerprint density at radius 3 is 2.75 bits per heavy atom. The smallest absolute Gasteiger partial charge is 0.336 e. The molecule has 5 heteroatoms. The van der Waals surface area contributed by atoms with Crippen LogP contribution in [0.2, 0.25) is 0 Å². The number of rotatable bonds is 4. The number of hydrogen-bond acceptors (Lipinski definition) is 5. The lowest BCUT2D eigenvalue weighted by atomic mass is 9.77. The summed E-state index contributed by atoms with van der Waals surface area (Å²) in [6.45, 7) is 5.92. The van der Waals surface area contributed by atoms with Gasteiger partial charge in [-0.1, -0.05) is 6.92 Å². The Hall–Kier alpha value is -2.30. The van der Waals surface area contributed by atoms with Gasteiger partial charge in [-0.15, -0.1) is 0 Å². The maximum atomic E-state index is 12.6. The zero-order chi connectivity index (χ0) is 17.3. The van der Waals surface area contributed by atoms with Crippen molar-refractivity contribution in [1.82, 2.24) is 5.32 Å². The molecule has 2 aliphatic rings. The van der Waals surface area contributed by atoms with Gasteiger partial charge in [0.15, 0.2) is 5.78 Å². The molecule has 1 N–H and O–H groups in total.